The minimum absolute atomic E-state index is 0.0630. The molecular weight excluding hydrogens is 480 g/mol. The van der Waals surface area contributed by atoms with Gasteiger partial charge in [0.05, 0.1) is 33.0 Å². The molecule has 1 fully saturated rings. The molecule has 1 atom stereocenters. The summed E-state index contributed by atoms with van der Waals surface area (Å²) in [6.07, 6.45) is 7.40. The van der Waals surface area contributed by atoms with Crippen LogP contribution in [-0.4, -0.2) is 81.6 Å². The van der Waals surface area contributed by atoms with Crippen molar-refractivity contribution < 1.29 is 22.7 Å². The molecule has 36 heavy (non-hydrogen) atoms. The van der Waals surface area contributed by atoms with Gasteiger partial charge in [0.25, 0.3) is 0 Å². The summed E-state index contributed by atoms with van der Waals surface area (Å²) in [5.74, 6) is 2.14. The molecule has 9 nitrogen and oxygen atoms in total. The van der Waals surface area contributed by atoms with E-state index in [4.69, 9.17) is 11.2 Å². The number of benzene rings is 2. The molecule has 2 aromatic carbocycles. The molecule has 2 N–H and O–H groups in total. The van der Waals surface area contributed by atoms with Crippen LogP contribution in [0, 0.1) is 12.3 Å². The van der Waals surface area contributed by atoms with E-state index in [0.717, 1.165) is 22.8 Å². The Morgan fingerprint density at radius 1 is 1.14 bits per heavy atom. The van der Waals surface area contributed by atoms with E-state index in [1.165, 1.54) is 9.87 Å². The maximum Gasteiger partial charge on any atom is 0.240 e. The van der Waals surface area contributed by atoms with E-state index in [0.29, 0.717) is 25.9 Å². The van der Waals surface area contributed by atoms with Crippen LogP contribution < -0.4 is 15.4 Å². The number of hydrogen-bond donors (Lipinski definition) is 2. The molecule has 10 heteroatoms. The maximum absolute atomic E-state index is 12.5. The quantitative estimate of drug-likeness (QED) is 0.466. The van der Waals surface area contributed by atoms with Gasteiger partial charge in [-0.25, -0.2) is 8.42 Å². The van der Waals surface area contributed by atoms with Crippen molar-refractivity contribution in [3.63, 3.8) is 0 Å². The Bertz CT molecular complexity index is 1230. The molecular formula is C26H34N4O5S. The molecule has 0 aromatic heterocycles. The maximum atomic E-state index is 12.5. The van der Waals surface area contributed by atoms with Crippen LogP contribution in [0.2, 0.25) is 0 Å². The third-order valence-corrected chi connectivity index (χ3v) is 7.88. The van der Waals surface area contributed by atoms with Crippen LogP contribution in [0.4, 0.5) is 0 Å². The summed E-state index contributed by atoms with van der Waals surface area (Å²) in [5.41, 5.74) is 1.19. The van der Waals surface area contributed by atoms with Crippen molar-refractivity contribution in [2.24, 2.45) is 0 Å². The number of sulfonamides is 1. The highest BCUT2D eigenvalue weighted by atomic mass is 32.2. The van der Waals surface area contributed by atoms with Crippen LogP contribution in [0.1, 0.15) is 31.4 Å². The highest BCUT2D eigenvalue weighted by Gasteiger charge is 2.33. The molecule has 3 rings (SSSR count). The van der Waals surface area contributed by atoms with E-state index in [-0.39, 0.29) is 31.7 Å². The fourth-order valence-corrected chi connectivity index (χ4v) is 5.80. The minimum atomic E-state index is -3.63. The fraction of sp³-hybridized carbons (Fsp3) is 0.462. The van der Waals surface area contributed by atoms with Crippen LogP contribution in [0.3, 0.4) is 0 Å². The molecule has 0 saturated carbocycles. The van der Waals surface area contributed by atoms with Crippen LogP contribution >= 0.6 is 0 Å². The third kappa shape index (κ3) is 6.75. The number of ether oxygens (including phenoxy) is 1. The Morgan fingerprint density at radius 3 is 2.42 bits per heavy atom. The van der Waals surface area contributed by atoms with Gasteiger partial charge in [-0.15, -0.1) is 6.42 Å². The predicted molar refractivity (Wildman–Crippen MR) is 140 cm³/mol. The summed E-state index contributed by atoms with van der Waals surface area (Å²) < 4.78 is 31.8. The number of nitrogens with zero attached hydrogens (tertiary/aromatic N) is 2. The first-order valence-electron chi connectivity index (χ1n) is 11.9. The largest absolute Gasteiger partial charge is 0.496 e. The normalized spacial score (nSPS) is 15.9. The molecule has 0 radical (unpaired) electrons. The molecule has 1 heterocycles. The highest BCUT2D eigenvalue weighted by molar-refractivity contribution is 7.88. The van der Waals surface area contributed by atoms with Crippen molar-refractivity contribution in [3.05, 3.63) is 42.0 Å². The van der Waals surface area contributed by atoms with Crippen molar-refractivity contribution in [1.29, 1.82) is 0 Å². The van der Waals surface area contributed by atoms with Crippen LogP contribution in [0.5, 0.6) is 5.75 Å². The van der Waals surface area contributed by atoms with Crippen LogP contribution in [0.25, 0.3) is 10.8 Å². The lowest BCUT2D eigenvalue weighted by atomic mass is 9.95. The summed E-state index contributed by atoms with van der Waals surface area (Å²) in [5, 5.41) is 7.10. The zero-order chi connectivity index (χ0) is 26.3. The zero-order valence-corrected chi connectivity index (χ0v) is 21.8. The molecule has 2 amide bonds. The second-order valence-electron chi connectivity index (χ2n) is 8.91. The first-order valence-corrected chi connectivity index (χ1v) is 13.7. The predicted octanol–water partition coefficient (Wildman–Crippen LogP) is 1.50. The van der Waals surface area contributed by atoms with Crippen molar-refractivity contribution in [3.8, 4) is 18.1 Å². The smallest absolute Gasteiger partial charge is 0.240 e. The third-order valence-electron chi connectivity index (χ3n) is 6.60. The summed E-state index contributed by atoms with van der Waals surface area (Å²) >= 11 is 0. The Hall–Kier alpha value is -3.13. The second kappa shape index (κ2) is 12.2. The van der Waals surface area contributed by atoms with E-state index in [1.807, 2.05) is 24.3 Å². The van der Waals surface area contributed by atoms with Crippen molar-refractivity contribution in [2.75, 3.05) is 46.1 Å². The van der Waals surface area contributed by atoms with Crippen LogP contribution in [0.15, 0.2) is 36.4 Å². The first kappa shape index (κ1) is 27.5. The summed E-state index contributed by atoms with van der Waals surface area (Å²) in [6, 6.07) is 12.0. The topological polar surface area (TPSA) is 108 Å². The Balaban J connectivity index is 1.64. The van der Waals surface area contributed by atoms with Gasteiger partial charge in [0.2, 0.25) is 21.8 Å². The van der Waals surface area contributed by atoms with Gasteiger partial charge in [0.1, 0.15) is 5.75 Å². The van der Waals surface area contributed by atoms with Gasteiger partial charge in [0, 0.05) is 30.6 Å². The van der Waals surface area contributed by atoms with E-state index >= 15 is 0 Å². The molecule has 194 valence electrons. The summed E-state index contributed by atoms with van der Waals surface area (Å²) in [7, 11) is -1.96. The van der Waals surface area contributed by atoms with E-state index in [9.17, 15) is 18.0 Å². The Morgan fingerprint density at radius 2 is 1.81 bits per heavy atom. The number of hydrogen-bond acceptors (Lipinski definition) is 6. The number of rotatable bonds is 10. The van der Waals surface area contributed by atoms with Gasteiger partial charge >= 0.3 is 0 Å². The van der Waals surface area contributed by atoms with Gasteiger partial charge in [-0.05, 0) is 36.8 Å². The van der Waals surface area contributed by atoms with Crippen molar-refractivity contribution in [1.82, 2.24) is 19.8 Å². The zero-order valence-electron chi connectivity index (χ0n) is 21.0. The molecule has 0 aliphatic carbocycles. The number of carbonyl (C=O) groups excluding carboxylic acids is 2. The van der Waals surface area contributed by atoms with E-state index in [2.05, 4.69) is 40.5 Å². The van der Waals surface area contributed by atoms with Crippen molar-refractivity contribution in [2.45, 2.75) is 31.8 Å². The summed E-state index contributed by atoms with van der Waals surface area (Å²) in [6.45, 7) is 3.01. The second-order valence-corrected chi connectivity index (χ2v) is 10.8. The minimum Gasteiger partial charge on any atom is -0.496 e. The standard InChI is InChI=1S/C26H34N4O5S/c1-5-14-27-25(31)17-28-26(32)18-30(36(4,33)34)20-12-15-29(16-13-20)19(2)21-10-11-24(35-3)23-9-7-6-8-22(21)23/h1,6-11,19-20H,12-18H2,2-4H3,(H,27,31)(H,28,32). The number of amides is 2. The monoisotopic (exact) mass is 514 g/mol. The molecule has 1 aliphatic rings. The average molecular weight is 515 g/mol. The molecule has 2 aromatic rings. The SMILES string of the molecule is C#CCNC(=O)CNC(=O)CN(C1CCN(C(C)c2ccc(OC)c3ccccc23)CC1)S(C)(=O)=O. The van der Waals surface area contributed by atoms with Crippen LogP contribution in [-0.2, 0) is 19.6 Å². The van der Waals surface area contributed by atoms with Gasteiger partial charge in [-0.1, -0.05) is 36.3 Å². The molecule has 1 aliphatic heterocycles. The number of terminal acetylenes is 1. The molecule has 0 bridgehead atoms. The van der Waals surface area contributed by atoms with Gasteiger partial charge < -0.3 is 15.4 Å². The van der Waals surface area contributed by atoms with E-state index < -0.39 is 21.8 Å². The molecule has 1 unspecified atom stereocenters. The lowest BCUT2D eigenvalue weighted by Gasteiger charge is -2.40. The highest BCUT2D eigenvalue weighted by Crippen LogP contribution is 2.35. The van der Waals surface area contributed by atoms with E-state index in [1.54, 1.807) is 7.11 Å². The first-order chi connectivity index (χ1) is 17.2. The van der Waals surface area contributed by atoms with Gasteiger partial charge in [-0.3, -0.25) is 14.5 Å². The van der Waals surface area contributed by atoms with Gasteiger partial charge in [0.15, 0.2) is 0 Å². The number of methoxy groups -OCH3 is 1. The lowest BCUT2D eigenvalue weighted by molar-refractivity contribution is -0.126. The number of likely N-dealkylation sites (tertiary alicyclic amines) is 1. The van der Waals surface area contributed by atoms with Crippen molar-refractivity contribution >= 4 is 32.6 Å². The number of fused-ring (bicyclic) bond motifs is 1. The lowest BCUT2D eigenvalue weighted by Crippen LogP contribution is -2.51. The Labute approximate surface area is 213 Å². The number of carbonyl (C=O) groups is 2. The fourth-order valence-electron chi connectivity index (χ4n) is 4.70. The number of piperidine rings is 1. The van der Waals surface area contributed by atoms with Gasteiger partial charge in [-0.2, -0.15) is 4.31 Å². The molecule has 1 saturated heterocycles. The summed E-state index contributed by atoms with van der Waals surface area (Å²) in [4.78, 5) is 26.4. The average Bonchev–Trinajstić information content (AvgIpc) is 2.87. The number of nitrogens with one attached hydrogen (secondary N) is 2. The Kier molecular flexibility index (Phi) is 9.31. The molecule has 0 spiro atoms.